The second-order valence-corrected chi connectivity index (χ2v) is 7.90. The minimum absolute atomic E-state index is 0.0307. The van der Waals surface area contributed by atoms with Crippen LogP contribution in [-0.4, -0.2) is 50.2 Å². The third-order valence-corrected chi connectivity index (χ3v) is 5.46. The van der Waals surface area contributed by atoms with Crippen LogP contribution in [0.3, 0.4) is 0 Å². The second kappa shape index (κ2) is 7.55. The molecule has 2 N–H and O–H groups in total. The molecule has 2 saturated heterocycles. The predicted octanol–water partition coefficient (Wildman–Crippen LogP) is 2.89. The quantitative estimate of drug-likeness (QED) is 0.816. The number of anilines is 1. The molecule has 0 bridgehead atoms. The van der Waals surface area contributed by atoms with Gasteiger partial charge >= 0.3 is 6.09 Å². The predicted molar refractivity (Wildman–Crippen MR) is 98.4 cm³/mol. The minimum Gasteiger partial charge on any atom is -0.441 e. The van der Waals surface area contributed by atoms with E-state index in [1.165, 1.54) is 18.4 Å². The first-order valence-corrected chi connectivity index (χ1v) is 9.64. The summed E-state index contributed by atoms with van der Waals surface area (Å²) in [5.74, 6) is 1.28. The molecule has 4 rings (SSSR count). The molecule has 1 saturated carbocycles. The van der Waals surface area contributed by atoms with Gasteiger partial charge in [0.2, 0.25) is 0 Å². The maximum Gasteiger partial charge on any atom is 0.412 e. The summed E-state index contributed by atoms with van der Waals surface area (Å²) in [5.41, 5.74) is 1.96. The van der Waals surface area contributed by atoms with E-state index in [1.807, 2.05) is 24.3 Å². The van der Waals surface area contributed by atoms with E-state index >= 15 is 0 Å². The highest BCUT2D eigenvalue weighted by Gasteiger charge is 2.49. The minimum atomic E-state index is -0.463. The SMILES string of the molecule is CC(C)c1ccc(NC(=O)O[C@@H]2CO[C@H]3[C@@H]2OC[C@@H]3NCC2CC2)cc1. The van der Waals surface area contributed by atoms with E-state index in [4.69, 9.17) is 14.2 Å². The molecule has 0 aromatic heterocycles. The van der Waals surface area contributed by atoms with Crippen molar-refractivity contribution in [1.29, 1.82) is 0 Å². The first kappa shape index (κ1) is 17.8. The number of benzene rings is 1. The molecule has 0 unspecified atom stereocenters. The van der Waals surface area contributed by atoms with Gasteiger partial charge in [0.25, 0.3) is 0 Å². The smallest absolute Gasteiger partial charge is 0.412 e. The molecule has 1 aliphatic carbocycles. The molecule has 6 heteroatoms. The third-order valence-electron chi connectivity index (χ3n) is 5.46. The van der Waals surface area contributed by atoms with Crippen LogP contribution in [0.1, 0.15) is 38.2 Å². The number of hydrogen-bond acceptors (Lipinski definition) is 5. The number of carbonyl (C=O) groups excluding carboxylic acids is 1. The van der Waals surface area contributed by atoms with Gasteiger partial charge in [0.05, 0.1) is 19.3 Å². The van der Waals surface area contributed by atoms with E-state index < -0.39 is 6.09 Å². The van der Waals surface area contributed by atoms with Gasteiger partial charge in [-0.2, -0.15) is 0 Å². The van der Waals surface area contributed by atoms with Gasteiger partial charge in [-0.3, -0.25) is 5.32 Å². The average Bonchev–Trinajstić information content (AvgIpc) is 3.24. The van der Waals surface area contributed by atoms with E-state index in [9.17, 15) is 4.79 Å². The maximum atomic E-state index is 12.2. The number of nitrogens with one attached hydrogen (secondary N) is 2. The van der Waals surface area contributed by atoms with Gasteiger partial charge in [-0.15, -0.1) is 0 Å². The number of amides is 1. The Kier molecular flexibility index (Phi) is 5.16. The van der Waals surface area contributed by atoms with Crippen molar-refractivity contribution in [2.45, 2.75) is 57.0 Å². The van der Waals surface area contributed by atoms with Crippen molar-refractivity contribution >= 4 is 11.8 Å². The highest BCUT2D eigenvalue weighted by molar-refractivity contribution is 5.84. The van der Waals surface area contributed by atoms with Crippen molar-refractivity contribution in [3.05, 3.63) is 29.8 Å². The van der Waals surface area contributed by atoms with Crippen LogP contribution in [0.5, 0.6) is 0 Å². The molecule has 26 heavy (non-hydrogen) atoms. The number of ether oxygens (including phenoxy) is 3. The van der Waals surface area contributed by atoms with Crippen LogP contribution in [0, 0.1) is 5.92 Å². The zero-order valence-corrected chi connectivity index (χ0v) is 15.4. The Morgan fingerprint density at radius 2 is 1.88 bits per heavy atom. The molecule has 1 amide bonds. The average molecular weight is 360 g/mol. The Morgan fingerprint density at radius 1 is 1.15 bits per heavy atom. The van der Waals surface area contributed by atoms with Gasteiger partial charge < -0.3 is 19.5 Å². The first-order chi connectivity index (χ1) is 12.6. The summed E-state index contributed by atoms with van der Waals surface area (Å²) in [4.78, 5) is 12.2. The number of hydrogen-bond donors (Lipinski definition) is 2. The first-order valence-electron chi connectivity index (χ1n) is 9.64. The number of carbonyl (C=O) groups is 1. The van der Waals surface area contributed by atoms with E-state index in [1.54, 1.807) is 0 Å². The van der Waals surface area contributed by atoms with Gasteiger partial charge in [0.1, 0.15) is 12.2 Å². The standard InChI is InChI=1S/C20H28N2O4/c1-12(2)14-5-7-15(8-6-14)22-20(23)26-17-11-25-18-16(10-24-19(17)18)21-9-13-3-4-13/h5-8,12-13,16-19,21H,3-4,9-11H2,1-2H3,(H,22,23)/t16-,17+,18+,19+/m0/s1. The number of rotatable bonds is 6. The van der Waals surface area contributed by atoms with Crippen LogP contribution >= 0.6 is 0 Å². The highest BCUT2D eigenvalue weighted by atomic mass is 16.6. The summed E-state index contributed by atoms with van der Waals surface area (Å²) in [7, 11) is 0. The highest BCUT2D eigenvalue weighted by Crippen LogP contribution is 2.31. The lowest BCUT2D eigenvalue weighted by atomic mass is 10.0. The fourth-order valence-electron chi connectivity index (χ4n) is 3.62. The van der Waals surface area contributed by atoms with Crippen LogP contribution in [-0.2, 0) is 14.2 Å². The third kappa shape index (κ3) is 4.03. The Balaban J connectivity index is 1.27. The van der Waals surface area contributed by atoms with Crippen LogP contribution in [0.4, 0.5) is 10.5 Å². The molecule has 2 aliphatic heterocycles. The van der Waals surface area contributed by atoms with E-state index in [2.05, 4.69) is 24.5 Å². The zero-order chi connectivity index (χ0) is 18.1. The fraction of sp³-hybridized carbons (Fsp3) is 0.650. The molecule has 142 valence electrons. The topological polar surface area (TPSA) is 68.8 Å². The Morgan fingerprint density at radius 3 is 2.58 bits per heavy atom. The molecule has 3 aliphatic rings. The summed E-state index contributed by atoms with van der Waals surface area (Å²) < 4.78 is 17.3. The van der Waals surface area contributed by atoms with Crippen molar-refractivity contribution in [2.75, 3.05) is 25.1 Å². The molecule has 1 aromatic rings. The molecule has 2 heterocycles. The summed E-state index contributed by atoms with van der Waals surface area (Å²) in [5, 5.41) is 6.32. The van der Waals surface area contributed by atoms with Crippen molar-refractivity contribution in [1.82, 2.24) is 5.32 Å². The lowest BCUT2D eigenvalue weighted by molar-refractivity contribution is 0.00856. The van der Waals surface area contributed by atoms with Crippen molar-refractivity contribution in [3.8, 4) is 0 Å². The van der Waals surface area contributed by atoms with Gasteiger partial charge in [0, 0.05) is 5.69 Å². The van der Waals surface area contributed by atoms with Crippen LogP contribution in [0.15, 0.2) is 24.3 Å². The van der Waals surface area contributed by atoms with Crippen molar-refractivity contribution < 1.29 is 19.0 Å². The zero-order valence-electron chi connectivity index (χ0n) is 15.4. The second-order valence-electron chi connectivity index (χ2n) is 7.90. The number of fused-ring (bicyclic) bond motifs is 1. The largest absolute Gasteiger partial charge is 0.441 e. The van der Waals surface area contributed by atoms with E-state index in [0.29, 0.717) is 19.1 Å². The molecule has 6 nitrogen and oxygen atoms in total. The Bertz CT molecular complexity index is 629. The molecular formula is C20H28N2O4. The molecule has 3 fully saturated rings. The summed E-state index contributed by atoms with van der Waals surface area (Å²) in [6.07, 6.45) is 1.61. The normalized spacial score (nSPS) is 30.4. The summed E-state index contributed by atoms with van der Waals surface area (Å²) in [6.45, 7) is 6.30. The Hall–Kier alpha value is -1.63. The molecular weight excluding hydrogens is 332 g/mol. The van der Waals surface area contributed by atoms with Crippen molar-refractivity contribution in [3.63, 3.8) is 0 Å². The van der Waals surface area contributed by atoms with E-state index in [0.717, 1.165) is 18.2 Å². The summed E-state index contributed by atoms with van der Waals surface area (Å²) >= 11 is 0. The molecule has 4 atom stereocenters. The Labute approximate surface area is 154 Å². The maximum absolute atomic E-state index is 12.2. The van der Waals surface area contributed by atoms with Crippen LogP contribution in [0.2, 0.25) is 0 Å². The lowest BCUT2D eigenvalue weighted by Gasteiger charge is -2.18. The molecule has 0 spiro atoms. The summed E-state index contributed by atoms with van der Waals surface area (Å²) in [6, 6.07) is 8.03. The van der Waals surface area contributed by atoms with E-state index in [-0.39, 0.29) is 24.4 Å². The van der Waals surface area contributed by atoms with Gasteiger partial charge in [-0.1, -0.05) is 26.0 Å². The monoisotopic (exact) mass is 360 g/mol. The van der Waals surface area contributed by atoms with Gasteiger partial charge in [0.15, 0.2) is 6.10 Å². The van der Waals surface area contributed by atoms with Crippen LogP contribution < -0.4 is 10.6 Å². The van der Waals surface area contributed by atoms with Crippen LogP contribution in [0.25, 0.3) is 0 Å². The van der Waals surface area contributed by atoms with Gasteiger partial charge in [-0.05, 0) is 48.9 Å². The van der Waals surface area contributed by atoms with Gasteiger partial charge in [-0.25, -0.2) is 4.79 Å². The fourth-order valence-corrected chi connectivity index (χ4v) is 3.62. The molecule has 1 aromatic carbocycles. The molecule has 0 radical (unpaired) electrons. The lowest BCUT2D eigenvalue weighted by Crippen LogP contribution is -2.42. The van der Waals surface area contributed by atoms with Crippen molar-refractivity contribution in [2.24, 2.45) is 5.92 Å².